The minimum atomic E-state index is -0.405. The van der Waals surface area contributed by atoms with Crippen LogP contribution in [0.1, 0.15) is 22.7 Å². The molecule has 0 saturated carbocycles. The van der Waals surface area contributed by atoms with E-state index >= 15 is 0 Å². The summed E-state index contributed by atoms with van der Waals surface area (Å²) >= 11 is 0. The van der Waals surface area contributed by atoms with Crippen LogP contribution in [-0.2, 0) is 4.79 Å². The van der Waals surface area contributed by atoms with Crippen molar-refractivity contribution >= 4 is 29.8 Å². The summed E-state index contributed by atoms with van der Waals surface area (Å²) in [5, 5.41) is 3.17. The first-order valence-electron chi connectivity index (χ1n) is 6.94. The Morgan fingerprint density at radius 3 is 3.00 bits per heavy atom. The molecule has 3 heterocycles. The predicted molar refractivity (Wildman–Crippen MR) is 86.5 cm³/mol. The highest BCUT2D eigenvalue weighted by Crippen LogP contribution is 2.33. The molecule has 6 heteroatoms. The normalized spacial score (nSPS) is 16.3. The molecule has 2 aromatic rings. The molecule has 1 aliphatic heterocycles. The van der Waals surface area contributed by atoms with Gasteiger partial charge in [0.25, 0.3) is 0 Å². The summed E-state index contributed by atoms with van der Waals surface area (Å²) in [7, 11) is 1.83. The molecule has 0 aromatic carbocycles. The van der Waals surface area contributed by atoms with Crippen molar-refractivity contribution in [3.63, 3.8) is 0 Å². The minimum absolute atomic E-state index is 0.349. The molecule has 0 bridgehead atoms. The first-order chi connectivity index (χ1) is 10.6. The Labute approximate surface area is 128 Å². The topological polar surface area (TPSA) is 84.1 Å². The van der Waals surface area contributed by atoms with Crippen molar-refractivity contribution in [3.05, 3.63) is 47.3 Å². The molecule has 6 nitrogen and oxygen atoms in total. The molecular formula is C16H17N5O. The maximum absolute atomic E-state index is 11.3. The molecule has 22 heavy (non-hydrogen) atoms. The number of nitrogens with two attached hydrogens (primary N) is 1. The smallest absolute Gasteiger partial charge is 0.147 e. The van der Waals surface area contributed by atoms with Gasteiger partial charge in [-0.1, -0.05) is 6.07 Å². The van der Waals surface area contributed by atoms with Crippen LogP contribution in [0, 0.1) is 6.92 Å². The summed E-state index contributed by atoms with van der Waals surface area (Å²) in [6.07, 6.45) is 6.37. The van der Waals surface area contributed by atoms with Gasteiger partial charge in [0.1, 0.15) is 29.8 Å². The number of aromatic nitrogens is 2. The van der Waals surface area contributed by atoms with Crippen LogP contribution < -0.4 is 11.1 Å². The maximum Gasteiger partial charge on any atom is 0.147 e. The molecule has 112 valence electrons. The molecule has 1 aliphatic rings. The van der Waals surface area contributed by atoms with Crippen LogP contribution in [0.4, 0.5) is 17.5 Å². The molecule has 3 N–H and O–H groups in total. The number of anilines is 3. The van der Waals surface area contributed by atoms with Gasteiger partial charge >= 0.3 is 0 Å². The van der Waals surface area contributed by atoms with E-state index in [1.165, 1.54) is 0 Å². The van der Waals surface area contributed by atoms with E-state index in [2.05, 4.69) is 15.3 Å². The van der Waals surface area contributed by atoms with Gasteiger partial charge in [-0.15, -0.1) is 0 Å². The van der Waals surface area contributed by atoms with Crippen molar-refractivity contribution in [2.24, 2.45) is 0 Å². The monoisotopic (exact) mass is 295 g/mol. The quantitative estimate of drug-likeness (QED) is 0.845. The zero-order chi connectivity index (χ0) is 15.7. The number of rotatable bonds is 3. The van der Waals surface area contributed by atoms with Gasteiger partial charge in [0.2, 0.25) is 0 Å². The number of nitrogens with zero attached hydrogens (tertiary/aromatic N) is 3. The number of aldehydes is 1. The summed E-state index contributed by atoms with van der Waals surface area (Å²) in [6.45, 7) is 1.97. The summed E-state index contributed by atoms with van der Waals surface area (Å²) in [5.74, 6) is 1.69. The first-order valence-corrected chi connectivity index (χ1v) is 6.94. The van der Waals surface area contributed by atoms with Gasteiger partial charge in [0.05, 0.1) is 0 Å². The van der Waals surface area contributed by atoms with E-state index in [1.807, 2.05) is 49.3 Å². The SMILES string of the molecule is Cc1cccnc1Nc1cc2c(c(N)n1)C(C=O)N(C)C=C2. The van der Waals surface area contributed by atoms with E-state index in [0.717, 1.165) is 28.8 Å². The van der Waals surface area contributed by atoms with Gasteiger partial charge in [0.15, 0.2) is 0 Å². The highest BCUT2D eigenvalue weighted by molar-refractivity contribution is 5.76. The second kappa shape index (κ2) is 5.48. The largest absolute Gasteiger partial charge is 0.383 e. The van der Waals surface area contributed by atoms with Crippen molar-refractivity contribution < 1.29 is 4.79 Å². The lowest BCUT2D eigenvalue weighted by molar-refractivity contribution is -0.111. The van der Waals surface area contributed by atoms with E-state index in [9.17, 15) is 4.79 Å². The van der Waals surface area contributed by atoms with Gasteiger partial charge in [0, 0.05) is 25.0 Å². The van der Waals surface area contributed by atoms with Gasteiger partial charge in [-0.25, -0.2) is 9.97 Å². The average Bonchev–Trinajstić information content (AvgIpc) is 2.50. The molecule has 0 aliphatic carbocycles. The van der Waals surface area contributed by atoms with Gasteiger partial charge in [-0.2, -0.15) is 0 Å². The summed E-state index contributed by atoms with van der Waals surface area (Å²) in [4.78, 5) is 21.8. The molecule has 1 atom stereocenters. The Morgan fingerprint density at radius 2 is 2.27 bits per heavy atom. The van der Waals surface area contributed by atoms with E-state index in [1.54, 1.807) is 6.20 Å². The number of carbonyl (C=O) groups is 1. The molecule has 0 saturated heterocycles. The highest BCUT2D eigenvalue weighted by Gasteiger charge is 2.24. The van der Waals surface area contributed by atoms with Crippen LogP contribution in [0.15, 0.2) is 30.6 Å². The lowest BCUT2D eigenvalue weighted by Gasteiger charge is -2.28. The van der Waals surface area contributed by atoms with E-state index in [4.69, 9.17) is 5.73 Å². The maximum atomic E-state index is 11.3. The second-order valence-electron chi connectivity index (χ2n) is 5.25. The van der Waals surface area contributed by atoms with Crippen LogP contribution >= 0.6 is 0 Å². The van der Waals surface area contributed by atoms with Crippen LogP contribution in [0.3, 0.4) is 0 Å². The number of hydrogen-bond donors (Lipinski definition) is 2. The van der Waals surface area contributed by atoms with Gasteiger partial charge in [-0.05, 0) is 36.3 Å². The molecule has 0 amide bonds. The van der Waals surface area contributed by atoms with Gasteiger partial charge < -0.3 is 20.7 Å². The number of carbonyl (C=O) groups excluding carboxylic acids is 1. The Morgan fingerprint density at radius 1 is 1.45 bits per heavy atom. The number of hydrogen-bond acceptors (Lipinski definition) is 6. The third kappa shape index (κ3) is 2.39. The van der Waals surface area contributed by atoms with Gasteiger partial charge in [-0.3, -0.25) is 0 Å². The number of fused-ring (bicyclic) bond motifs is 1. The molecule has 0 spiro atoms. The molecule has 1 unspecified atom stereocenters. The molecule has 3 rings (SSSR count). The van der Waals surface area contributed by atoms with Crippen LogP contribution in [0.25, 0.3) is 6.08 Å². The minimum Gasteiger partial charge on any atom is -0.383 e. The van der Waals surface area contributed by atoms with Crippen LogP contribution in [0.5, 0.6) is 0 Å². The average molecular weight is 295 g/mol. The predicted octanol–water partition coefficient (Wildman–Crippen LogP) is 2.27. The van der Waals surface area contributed by atoms with Crippen LogP contribution in [-0.4, -0.2) is 28.2 Å². The Hall–Kier alpha value is -2.89. The first kappa shape index (κ1) is 14.1. The van der Waals surface area contributed by atoms with Crippen LogP contribution in [0.2, 0.25) is 0 Å². The van der Waals surface area contributed by atoms with Crippen molar-refractivity contribution in [1.82, 2.24) is 14.9 Å². The van der Waals surface area contributed by atoms with E-state index in [0.29, 0.717) is 11.6 Å². The second-order valence-corrected chi connectivity index (χ2v) is 5.25. The van der Waals surface area contributed by atoms with Crippen molar-refractivity contribution in [1.29, 1.82) is 0 Å². The van der Waals surface area contributed by atoms with Crippen molar-refractivity contribution in [2.45, 2.75) is 13.0 Å². The summed E-state index contributed by atoms with van der Waals surface area (Å²) in [6, 6.07) is 5.31. The fraction of sp³-hybridized carbons (Fsp3) is 0.188. The Kier molecular flexibility index (Phi) is 3.50. The Bertz CT molecular complexity index is 756. The highest BCUT2D eigenvalue weighted by atomic mass is 16.1. The Balaban J connectivity index is 2.01. The standard InChI is InChI=1S/C16H17N5O/c1-10-4-3-6-18-16(10)20-13-8-11-5-7-21(2)12(9-22)14(11)15(17)19-13/h3-9,12H,1-2H3,(H3,17,18,19,20). The third-order valence-electron chi connectivity index (χ3n) is 3.73. The fourth-order valence-corrected chi connectivity index (χ4v) is 2.52. The lowest BCUT2D eigenvalue weighted by Crippen LogP contribution is -2.25. The molecule has 0 radical (unpaired) electrons. The lowest BCUT2D eigenvalue weighted by atomic mass is 9.98. The summed E-state index contributed by atoms with van der Waals surface area (Å²) < 4.78 is 0. The van der Waals surface area contributed by atoms with E-state index < -0.39 is 6.04 Å². The number of nitrogen functional groups attached to an aromatic ring is 1. The van der Waals surface area contributed by atoms with Crippen molar-refractivity contribution in [2.75, 3.05) is 18.1 Å². The number of pyridine rings is 2. The molecule has 0 fully saturated rings. The fourth-order valence-electron chi connectivity index (χ4n) is 2.52. The number of likely N-dealkylation sites (N-methyl/N-ethyl adjacent to an activating group) is 1. The number of nitrogens with one attached hydrogen (secondary N) is 1. The summed E-state index contributed by atoms with van der Waals surface area (Å²) in [5.41, 5.74) is 8.71. The zero-order valence-corrected chi connectivity index (χ0v) is 12.4. The molecule has 2 aromatic heterocycles. The molecular weight excluding hydrogens is 278 g/mol. The zero-order valence-electron chi connectivity index (χ0n) is 12.4. The van der Waals surface area contributed by atoms with E-state index in [-0.39, 0.29) is 0 Å². The number of aryl methyl sites for hydroxylation is 1. The third-order valence-corrected chi connectivity index (χ3v) is 3.73. The van der Waals surface area contributed by atoms with Crippen molar-refractivity contribution in [3.8, 4) is 0 Å².